The van der Waals surface area contributed by atoms with E-state index in [2.05, 4.69) is 15.5 Å². The summed E-state index contributed by atoms with van der Waals surface area (Å²) in [6, 6.07) is 9.04. The maximum atomic E-state index is 12.2. The average Bonchev–Trinajstić information content (AvgIpc) is 2.99. The van der Waals surface area contributed by atoms with E-state index in [1.54, 1.807) is 17.0 Å². The van der Waals surface area contributed by atoms with Gasteiger partial charge in [0.25, 0.3) is 5.91 Å². The summed E-state index contributed by atoms with van der Waals surface area (Å²) in [5.74, 6) is 0.606. The molecule has 1 aliphatic rings. The van der Waals surface area contributed by atoms with Crippen molar-refractivity contribution in [3.8, 4) is 0 Å². The summed E-state index contributed by atoms with van der Waals surface area (Å²) in [4.78, 5) is 13.9. The van der Waals surface area contributed by atoms with Gasteiger partial charge in [0, 0.05) is 23.9 Å². The average molecular weight is 314 g/mol. The minimum absolute atomic E-state index is 0.207. The van der Waals surface area contributed by atoms with Gasteiger partial charge in [-0.25, -0.2) is 0 Å². The largest absolute Gasteiger partial charge is 0.305 e. The van der Waals surface area contributed by atoms with Crippen LogP contribution in [0.4, 0.5) is 5.82 Å². The predicted octanol–water partition coefficient (Wildman–Crippen LogP) is 2.44. The van der Waals surface area contributed by atoms with Crippen LogP contribution in [0.2, 0.25) is 0 Å². The Balaban J connectivity index is 1.72. The molecule has 1 aromatic heterocycles. The molecule has 0 atom stereocenters. The Hall–Kier alpha value is -2.21. The molecule has 0 saturated carbocycles. The Bertz CT molecular complexity index is 695. The number of carbonyl (C=O) groups is 1. The summed E-state index contributed by atoms with van der Waals surface area (Å²) in [6.07, 6.45) is 4.38. The number of rotatable bonds is 2. The number of H-pyrrole nitrogens is 1. The van der Waals surface area contributed by atoms with Crippen LogP contribution in [0.3, 0.4) is 0 Å². The lowest BCUT2D eigenvalue weighted by Gasteiger charge is -2.20. The summed E-state index contributed by atoms with van der Waals surface area (Å²) >= 11 is 5.35. The number of carbonyl (C=O) groups excluding carboxylic acids is 1. The number of nitrogens with zero attached hydrogens (tertiary/aromatic N) is 2. The van der Waals surface area contributed by atoms with Crippen LogP contribution in [-0.2, 0) is 12.8 Å². The van der Waals surface area contributed by atoms with Crippen molar-refractivity contribution in [3.05, 3.63) is 47.2 Å². The molecule has 2 N–H and O–H groups in total. The standard InChI is InChI=1S/C16H18N4OS/c1-20(14-12-9-5-6-10-13(12)18-19-14)16(22)17-15(21)11-7-3-2-4-8-11/h2-4,7-8H,5-6,9-10H2,1H3,(H,18,19)(H,17,21,22). The number of aromatic nitrogens is 2. The van der Waals surface area contributed by atoms with Gasteiger partial charge in [-0.1, -0.05) is 18.2 Å². The minimum atomic E-state index is -0.207. The van der Waals surface area contributed by atoms with Crippen LogP contribution in [-0.4, -0.2) is 28.3 Å². The Labute approximate surface area is 134 Å². The predicted molar refractivity (Wildman–Crippen MR) is 90.1 cm³/mol. The third-order valence-electron chi connectivity index (χ3n) is 3.91. The highest BCUT2D eigenvalue weighted by atomic mass is 32.1. The molecule has 0 aliphatic heterocycles. The number of fused-ring (bicyclic) bond motifs is 1. The van der Waals surface area contributed by atoms with Gasteiger partial charge in [0.1, 0.15) is 0 Å². The highest BCUT2D eigenvalue weighted by Gasteiger charge is 2.22. The van der Waals surface area contributed by atoms with E-state index < -0.39 is 0 Å². The van der Waals surface area contributed by atoms with Gasteiger partial charge in [-0.15, -0.1) is 0 Å². The zero-order valence-electron chi connectivity index (χ0n) is 12.4. The van der Waals surface area contributed by atoms with Crippen molar-refractivity contribution in [2.45, 2.75) is 25.7 Å². The highest BCUT2D eigenvalue weighted by molar-refractivity contribution is 7.80. The van der Waals surface area contributed by atoms with E-state index in [9.17, 15) is 4.79 Å². The quantitative estimate of drug-likeness (QED) is 0.836. The van der Waals surface area contributed by atoms with Gasteiger partial charge in [-0.3, -0.25) is 15.2 Å². The Morgan fingerprint density at radius 3 is 2.77 bits per heavy atom. The second kappa shape index (κ2) is 6.27. The molecule has 1 heterocycles. The van der Waals surface area contributed by atoms with Crippen molar-refractivity contribution in [2.75, 3.05) is 11.9 Å². The molecule has 6 heteroatoms. The van der Waals surface area contributed by atoms with Gasteiger partial charge < -0.3 is 4.90 Å². The molecule has 3 rings (SSSR count). The zero-order valence-corrected chi connectivity index (χ0v) is 13.2. The fourth-order valence-electron chi connectivity index (χ4n) is 2.68. The molecule has 5 nitrogen and oxygen atoms in total. The van der Waals surface area contributed by atoms with Crippen LogP contribution in [0.25, 0.3) is 0 Å². The molecule has 1 aliphatic carbocycles. The number of thiocarbonyl (C=S) groups is 1. The molecule has 0 saturated heterocycles. The molecule has 0 spiro atoms. The van der Waals surface area contributed by atoms with Gasteiger partial charge in [0.05, 0.1) is 0 Å². The smallest absolute Gasteiger partial charge is 0.257 e. The molecule has 0 unspecified atom stereocenters. The first-order valence-corrected chi connectivity index (χ1v) is 7.78. The van der Waals surface area contributed by atoms with Crippen molar-refractivity contribution in [2.24, 2.45) is 0 Å². The van der Waals surface area contributed by atoms with Gasteiger partial charge in [0.2, 0.25) is 0 Å². The maximum absolute atomic E-state index is 12.2. The molecule has 22 heavy (non-hydrogen) atoms. The summed E-state index contributed by atoms with van der Waals surface area (Å²) < 4.78 is 0. The number of benzene rings is 1. The van der Waals surface area contributed by atoms with E-state index in [4.69, 9.17) is 12.2 Å². The number of hydrogen-bond acceptors (Lipinski definition) is 3. The van der Waals surface area contributed by atoms with Crippen molar-refractivity contribution in [3.63, 3.8) is 0 Å². The van der Waals surface area contributed by atoms with Gasteiger partial charge in [-0.2, -0.15) is 5.10 Å². The second-order valence-corrected chi connectivity index (χ2v) is 5.78. The number of hydrogen-bond donors (Lipinski definition) is 2. The van der Waals surface area contributed by atoms with Crippen molar-refractivity contribution in [1.82, 2.24) is 15.5 Å². The molecule has 0 radical (unpaired) electrons. The molecule has 2 aromatic rings. The maximum Gasteiger partial charge on any atom is 0.257 e. The summed E-state index contributed by atoms with van der Waals surface area (Å²) in [6.45, 7) is 0. The van der Waals surface area contributed by atoms with Crippen molar-refractivity contribution in [1.29, 1.82) is 0 Å². The van der Waals surface area contributed by atoms with Crippen LogP contribution < -0.4 is 10.2 Å². The van der Waals surface area contributed by atoms with Crippen molar-refractivity contribution < 1.29 is 4.79 Å². The van der Waals surface area contributed by atoms with Crippen LogP contribution in [0.5, 0.6) is 0 Å². The molecule has 1 amide bonds. The van der Waals surface area contributed by atoms with E-state index in [0.717, 1.165) is 25.1 Å². The van der Waals surface area contributed by atoms with Crippen LogP contribution in [0.1, 0.15) is 34.5 Å². The minimum Gasteiger partial charge on any atom is -0.305 e. The Morgan fingerprint density at radius 2 is 2.00 bits per heavy atom. The normalized spacial score (nSPS) is 13.3. The van der Waals surface area contributed by atoms with E-state index in [-0.39, 0.29) is 5.91 Å². The lowest BCUT2D eigenvalue weighted by Crippen LogP contribution is -2.41. The monoisotopic (exact) mass is 314 g/mol. The van der Waals surface area contributed by atoms with Gasteiger partial charge >= 0.3 is 0 Å². The van der Waals surface area contributed by atoms with Gasteiger partial charge in [0.15, 0.2) is 10.9 Å². The number of aryl methyl sites for hydroxylation is 1. The SMILES string of the molecule is CN(C(=S)NC(=O)c1ccccc1)c1n[nH]c2c1CCCC2. The van der Waals surface area contributed by atoms with Crippen LogP contribution >= 0.6 is 12.2 Å². The fourth-order valence-corrected chi connectivity index (χ4v) is 2.86. The second-order valence-electron chi connectivity index (χ2n) is 5.40. The van der Waals surface area contributed by atoms with E-state index in [1.165, 1.54) is 17.7 Å². The summed E-state index contributed by atoms with van der Waals surface area (Å²) in [5.41, 5.74) is 2.98. The number of aromatic amines is 1. The molecule has 0 fully saturated rings. The molecule has 114 valence electrons. The van der Waals surface area contributed by atoms with Crippen LogP contribution in [0.15, 0.2) is 30.3 Å². The summed E-state index contributed by atoms with van der Waals surface area (Å²) in [7, 11) is 1.83. The third kappa shape index (κ3) is 2.87. The zero-order chi connectivity index (χ0) is 15.5. The van der Waals surface area contributed by atoms with E-state index in [1.807, 2.05) is 25.2 Å². The van der Waals surface area contributed by atoms with Crippen molar-refractivity contribution >= 4 is 29.1 Å². The topological polar surface area (TPSA) is 61.0 Å². The number of amides is 1. The molecular weight excluding hydrogens is 296 g/mol. The summed E-state index contributed by atoms with van der Waals surface area (Å²) in [5, 5.41) is 10.6. The molecule has 0 bridgehead atoms. The number of nitrogens with one attached hydrogen (secondary N) is 2. The highest BCUT2D eigenvalue weighted by Crippen LogP contribution is 2.27. The number of anilines is 1. The third-order valence-corrected chi connectivity index (χ3v) is 4.29. The van der Waals surface area contributed by atoms with E-state index >= 15 is 0 Å². The lowest BCUT2D eigenvalue weighted by molar-refractivity contribution is 0.0977. The Kier molecular flexibility index (Phi) is 4.20. The molecule has 1 aromatic carbocycles. The first-order chi connectivity index (χ1) is 10.7. The van der Waals surface area contributed by atoms with E-state index in [0.29, 0.717) is 10.7 Å². The fraction of sp³-hybridized carbons (Fsp3) is 0.312. The van der Waals surface area contributed by atoms with Crippen LogP contribution in [0, 0.1) is 0 Å². The first-order valence-electron chi connectivity index (χ1n) is 7.37. The Morgan fingerprint density at radius 1 is 1.27 bits per heavy atom. The lowest BCUT2D eigenvalue weighted by atomic mass is 9.97. The molecular formula is C16H18N4OS. The van der Waals surface area contributed by atoms with Gasteiger partial charge in [-0.05, 0) is 50.0 Å². The first kappa shape index (κ1) is 14.7.